The SMILES string of the molecule is CC(=NNc1nc(-c2ccc(F)cc2)cs1)c1cn(Cc2ccccc2)c2ccccc12. The standard InChI is InChI=1S/C26H21FN4S/c1-18(29-30-26-28-24(17-32-26)20-11-13-21(27)14-12-20)23-16-31(15-19-7-3-2-4-8-19)25-10-6-5-9-22(23)25/h2-14,16-17H,15H2,1H3,(H,28,30). The number of nitrogens with one attached hydrogen (secondary N) is 1. The summed E-state index contributed by atoms with van der Waals surface area (Å²) in [5.41, 5.74) is 9.14. The topological polar surface area (TPSA) is 42.2 Å². The monoisotopic (exact) mass is 440 g/mol. The third-order valence-electron chi connectivity index (χ3n) is 5.34. The van der Waals surface area contributed by atoms with Gasteiger partial charge in [-0.3, -0.25) is 5.43 Å². The lowest BCUT2D eigenvalue weighted by Gasteiger charge is -2.05. The minimum absolute atomic E-state index is 0.256. The van der Waals surface area contributed by atoms with Gasteiger partial charge in [-0.25, -0.2) is 9.37 Å². The quantitative estimate of drug-likeness (QED) is 0.233. The lowest BCUT2D eigenvalue weighted by Crippen LogP contribution is -2.00. The van der Waals surface area contributed by atoms with Crippen molar-refractivity contribution in [3.05, 3.63) is 107 Å². The molecule has 0 unspecified atom stereocenters. The molecule has 0 amide bonds. The third kappa shape index (κ3) is 4.18. The Morgan fingerprint density at radius 1 is 1.00 bits per heavy atom. The zero-order valence-electron chi connectivity index (χ0n) is 17.5. The van der Waals surface area contributed by atoms with E-state index in [9.17, 15) is 4.39 Å². The fourth-order valence-corrected chi connectivity index (χ4v) is 4.38. The van der Waals surface area contributed by atoms with Crippen LogP contribution in [-0.4, -0.2) is 15.3 Å². The summed E-state index contributed by atoms with van der Waals surface area (Å²) in [5, 5.41) is 8.39. The summed E-state index contributed by atoms with van der Waals surface area (Å²) in [6.45, 7) is 2.80. The van der Waals surface area contributed by atoms with Crippen LogP contribution in [0.2, 0.25) is 0 Å². The van der Waals surface area contributed by atoms with Crippen molar-refractivity contribution in [2.75, 3.05) is 5.43 Å². The van der Waals surface area contributed by atoms with Crippen LogP contribution in [0.3, 0.4) is 0 Å². The second-order valence-electron chi connectivity index (χ2n) is 7.53. The Hall–Kier alpha value is -3.77. The smallest absolute Gasteiger partial charge is 0.203 e. The second-order valence-corrected chi connectivity index (χ2v) is 8.39. The number of benzene rings is 3. The van der Waals surface area contributed by atoms with Crippen molar-refractivity contribution in [1.82, 2.24) is 9.55 Å². The molecule has 0 spiro atoms. The predicted molar refractivity (Wildman–Crippen MR) is 131 cm³/mol. The molecule has 158 valence electrons. The van der Waals surface area contributed by atoms with Gasteiger partial charge in [0.2, 0.25) is 5.13 Å². The van der Waals surface area contributed by atoms with E-state index in [1.807, 2.05) is 18.4 Å². The van der Waals surface area contributed by atoms with Crippen molar-refractivity contribution in [3.8, 4) is 11.3 Å². The van der Waals surface area contributed by atoms with Gasteiger partial charge in [0, 0.05) is 40.2 Å². The fourth-order valence-electron chi connectivity index (χ4n) is 3.72. The van der Waals surface area contributed by atoms with E-state index in [2.05, 4.69) is 74.8 Å². The Morgan fingerprint density at radius 3 is 2.56 bits per heavy atom. The Kier molecular flexibility index (Phi) is 5.52. The van der Waals surface area contributed by atoms with Gasteiger partial charge < -0.3 is 4.57 Å². The molecule has 2 heterocycles. The van der Waals surface area contributed by atoms with Crippen LogP contribution in [0.25, 0.3) is 22.2 Å². The Morgan fingerprint density at radius 2 is 1.75 bits per heavy atom. The number of fused-ring (bicyclic) bond motifs is 1. The highest BCUT2D eigenvalue weighted by atomic mass is 32.1. The van der Waals surface area contributed by atoms with Crippen LogP contribution in [0.1, 0.15) is 18.1 Å². The summed E-state index contributed by atoms with van der Waals surface area (Å²) in [5.74, 6) is -0.256. The van der Waals surface area contributed by atoms with Gasteiger partial charge in [-0.05, 0) is 42.8 Å². The molecule has 0 saturated carbocycles. The van der Waals surface area contributed by atoms with E-state index in [0.29, 0.717) is 5.13 Å². The number of hydrogen-bond donors (Lipinski definition) is 1. The van der Waals surface area contributed by atoms with Crippen LogP contribution in [-0.2, 0) is 6.54 Å². The van der Waals surface area contributed by atoms with E-state index < -0.39 is 0 Å². The average Bonchev–Trinajstić information content (AvgIpc) is 3.44. The molecule has 5 rings (SSSR count). The molecule has 3 aromatic carbocycles. The van der Waals surface area contributed by atoms with Gasteiger partial charge in [0.25, 0.3) is 0 Å². The van der Waals surface area contributed by atoms with Crippen molar-refractivity contribution in [3.63, 3.8) is 0 Å². The number of nitrogens with zero attached hydrogens (tertiary/aromatic N) is 3. The first-order valence-electron chi connectivity index (χ1n) is 10.3. The highest BCUT2D eigenvalue weighted by molar-refractivity contribution is 7.14. The van der Waals surface area contributed by atoms with Gasteiger partial charge >= 0.3 is 0 Å². The van der Waals surface area contributed by atoms with Crippen LogP contribution in [0.5, 0.6) is 0 Å². The molecule has 0 aliphatic rings. The summed E-state index contributed by atoms with van der Waals surface area (Å²) in [6, 6.07) is 25.1. The molecule has 0 radical (unpaired) electrons. The molecular formula is C26H21FN4S. The van der Waals surface area contributed by atoms with Gasteiger partial charge in [0.05, 0.1) is 11.4 Å². The van der Waals surface area contributed by atoms with E-state index in [4.69, 9.17) is 0 Å². The minimum atomic E-state index is -0.256. The molecule has 0 saturated heterocycles. The van der Waals surface area contributed by atoms with Crippen LogP contribution < -0.4 is 5.43 Å². The van der Waals surface area contributed by atoms with Crippen molar-refractivity contribution >= 4 is 33.1 Å². The molecule has 1 N–H and O–H groups in total. The molecule has 0 aliphatic carbocycles. The van der Waals surface area contributed by atoms with Crippen LogP contribution in [0.4, 0.5) is 9.52 Å². The molecule has 2 aromatic heterocycles. The van der Waals surface area contributed by atoms with Crippen molar-refractivity contribution in [1.29, 1.82) is 0 Å². The number of hydrogen-bond acceptors (Lipinski definition) is 4. The highest BCUT2D eigenvalue weighted by Gasteiger charge is 2.11. The van der Waals surface area contributed by atoms with E-state index in [1.165, 1.54) is 34.5 Å². The number of thiazole rings is 1. The van der Waals surface area contributed by atoms with Gasteiger partial charge in [-0.2, -0.15) is 5.10 Å². The summed E-state index contributed by atoms with van der Waals surface area (Å²) in [4.78, 5) is 4.57. The van der Waals surface area contributed by atoms with Gasteiger partial charge in [0.15, 0.2) is 0 Å². The van der Waals surface area contributed by atoms with Crippen molar-refractivity contribution in [2.45, 2.75) is 13.5 Å². The van der Waals surface area contributed by atoms with E-state index in [0.717, 1.165) is 34.5 Å². The molecule has 5 aromatic rings. The van der Waals surface area contributed by atoms with Crippen molar-refractivity contribution < 1.29 is 4.39 Å². The highest BCUT2D eigenvalue weighted by Crippen LogP contribution is 2.26. The summed E-state index contributed by atoms with van der Waals surface area (Å²) >= 11 is 1.47. The van der Waals surface area contributed by atoms with E-state index in [-0.39, 0.29) is 5.82 Å². The zero-order chi connectivity index (χ0) is 21.9. The maximum Gasteiger partial charge on any atom is 0.203 e. The van der Waals surface area contributed by atoms with Crippen LogP contribution in [0, 0.1) is 5.82 Å². The number of anilines is 1. The predicted octanol–water partition coefficient (Wildman–Crippen LogP) is 6.79. The summed E-state index contributed by atoms with van der Waals surface area (Å²) in [6.07, 6.45) is 2.16. The van der Waals surface area contributed by atoms with Gasteiger partial charge in [-0.15, -0.1) is 11.3 Å². The molecule has 0 atom stereocenters. The summed E-state index contributed by atoms with van der Waals surface area (Å²) < 4.78 is 15.4. The zero-order valence-corrected chi connectivity index (χ0v) is 18.3. The number of aromatic nitrogens is 2. The first-order valence-corrected chi connectivity index (χ1v) is 11.2. The van der Waals surface area contributed by atoms with Crippen LogP contribution >= 0.6 is 11.3 Å². The average molecular weight is 441 g/mol. The largest absolute Gasteiger partial charge is 0.342 e. The first kappa shape index (κ1) is 20.2. The number of hydrazone groups is 1. The second kappa shape index (κ2) is 8.77. The molecule has 0 aliphatic heterocycles. The molecule has 32 heavy (non-hydrogen) atoms. The molecule has 6 heteroatoms. The lowest BCUT2D eigenvalue weighted by molar-refractivity contribution is 0.628. The maximum atomic E-state index is 13.2. The fraction of sp³-hybridized carbons (Fsp3) is 0.0769. The summed E-state index contributed by atoms with van der Waals surface area (Å²) in [7, 11) is 0. The first-order chi connectivity index (χ1) is 15.7. The minimum Gasteiger partial charge on any atom is -0.342 e. The van der Waals surface area contributed by atoms with Crippen LogP contribution in [0.15, 0.2) is 95.5 Å². The van der Waals surface area contributed by atoms with Gasteiger partial charge in [-0.1, -0.05) is 48.5 Å². The Bertz CT molecular complexity index is 1380. The number of para-hydroxylation sites is 1. The molecular weight excluding hydrogens is 419 g/mol. The molecule has 4 nitrogen and oxygen atoms in total. The maximum absolute atomic E-state index is 13.2. The Labute approximate surface area is 189 Å². The van der Waals surface area contributed by atoms with Gasteiger partial charge in [0.1, 0.15) is 5.82 Å². The van der Waals surface area contributed by atoms with Crippen molar-refractivity contribution in [2.24, 2.45) is 5.10 Å². The number of halogens is 1. The molecule has 0 fully saturated rings. The lowest BCUT2D eigenvalue weighted by atomic mass is 10.1. The molecule has 0 bridgehead atoms. The normalized spacial score (nSPS) is 11.8. The van der Waals surface area contributed by atoms with E-state index in [1.54, 1.807) is 12.1 Å². The van der Waals surface area contributed by atoms with E-state index >= 15 is 0 Å². The third-order valence-corrected chi connectivity index (χ3v) is 6.08. The number of rotatable bonds is 6. The Balaban J connectivity index is 1.40.